The zero-order chi connectivity index (χ0) is 13.5. The molecule has 0 bridgehead atoms. The van der Waals surface area contributed by atoms with Gasteiger partial charge in [-0.15, -0.1) is 5.10 Å². The summed E-state index contributed by atoms with van der Waals surface area (Å²) in [7, 11) is 0. The maximum Gasteiger partial charge on any atom is 0.343 e. The molecule has 1 heterocycles. The van der Waals surface area contributed by atoms with Gasteiger partial charge in [0, 0.05) is 18.1 Å². The van der Waals surface area contributed by atoms with Crippen LogP contribution >= 0.6 is 23.5 Å². The third-order valence-electron chi connectivity index (χ3n) is 2.71. The maximum atomic E-state index is 11.7. The Morgan fingerprint density at radius 3 is 2.79 bits per heavy atom. The summed E-state index contributed by atoms with van der Waals surface area (Å²) in [5.41, 5.74) is 1.11. The Morgan fingerprint density at radius 2 is 2.05 bits per heavy atom. The van der Waals surface area contributed by atoms with E-state index in [1.54, 1.807) is 28.1 Å². The van der Waals surface area contributed by atoms with Crippen molar-refractivity contribution in [1.29, 1.82) is 0 Å². The van der Waals surface area contributed by atoms with E-state index in [1.807, 2.05) is 18.2 Å². The van der Waals surface area contributed by atoms with Crippen LogP contribution in [0.2, 0.25) is 0 Å². The quantitative estimate of drug-likeness (QED) is 0.629. The monoisotopic (exact) mass is 295 g/mol. The molecule has 0 unspecified atom stereocenters. The topological polar surface area (TPSA) is 50.7 Å². The maximum absolute atomic E-state index is 11.7. The largest absolute Gasteiger partial charge is 0.343 e. The minimum absolute atomic E-state index is 0.123. The van der Waals surface area contributed by atoms with Crippen LogP contribution in [0.1, 0.15) is 5.56 Å². The summed E-state index contributed by atoms with van der Waals surface area (Å²) in [6.07, 6.45) is 2.92. The van der Waals surface area contributed by atoms with Gasteiger partial charge in [-0.1, -0.05) is 42.1 Å². The van der Waals surface area contributed by atoms with Crippen molar-refractivity contribution >= 4 is 23.5 Å². The molecule has 0 radical (unpaired) electrons. The van der Waals surface area contributed by atoms with E-state index < -0.39 is 0 Å². The molecule has 1 aromatic heterocycles. The highest BCUT2D eigenvalue weighted by Crippen LogP contribution is 2.15. The van der Waals surface area contributed by atoms with E-state index in [1.165, 1.54) is 5.56 Å². The lowest BCUT2D eigenvalue weighted by Gasteiger charge is -2.05. The van der Waals surface area contributed by atoms with E-state index in [0.717, 1.165) is 23.1 Å². The summed E-state index contributed by atoms with van der Waals surface area (Å²) in [5, 5.41) is 7.40. The van der Waals surface area contributed by atoms with Gasteiger partial charge in [0.2, 0.25) is 0 Å². The molecule has 0 amide bonds. The average Bonchev–Trinajstić information content (AvgIpc) is 2.79. The van der Waals surface area contributed by atoms with E-state index in [-0.39, 0.29) is 5.69 Å². The summed E-state index contributed by atoms with van der Waals surface area (Å²) in [6, 6.07) is 10.2. The number of aryl methyl sites for hydroxylation is 1. The van der Waals surface area contributed by atoms with E-state index in [2.05, 4.69) is 28.6 Å². The minimum Gasteiger partial charge on any atom is -0.270 e. The molecule has 102 valence electrons. The number of hydrogen-bond acceptors (Lipinski definition) is 4. The second-order valence-corrected chi connectivity index (χ2v) is 6.09. The van der Waals surface area contributed by atoms with Crippen LogP contribution in [0.3, 0.4) is 0 Å². The van der Waals surface area contributed by atoms with Crippen LogP contribution in [0.15, 0.2) is 40.3 Å². The first-order valence-electron chi connectivity index (χ1n) is 6.12. The molecule has 19 heavy (non-hydrogen) atoms. The number of rotatable bonds is 7. The van der Waals surface area contributed by atoms with Gasteiger partial charge in [0.05, 0.1) is 0 Å². The Morgan fingerprint density at radius 1 is 1.26 bits per heavy atom. The van der Waals surface area contributed by atoms with Crippen LogP contribution in [0.25, 0.3) is 0 Å². The van der Waals surface area contributed by atoms with E-state index in [4.69, 9.17) is 0 Å². The summed E-state index contributed by atoms with van der Waals surface area (Å²) in [6.45, 7) is 0.668. The lowest BCUT2D eigenvalue weighted by Crippen LogP contribution is -2.19. The summed E-state index contributed by atoms with van der Waals surface area (Å²) in [4.78, 5) is 11.7. The zero-order valence-electron chi connectivity index (χ0n) is 10.8. The first-order chi connectivity index (χ1) is 9.31. The molecule has 2 aromatic rings. The SMILES string of the molecule is CSCCSc1n[nH]c(=O)n1CCc1ccccc1. The number of benzene rings is 1. The van der Waals surface area contributed by atoms with E-state index in [0.29, 0.717) is 6.54 Å². The van der Waals surface area contributed by atoms with Crippen molar-refractivity contribution in [3.63, 3.8) is 0 Å². The third kappa shape index (κ3) is 4.18. The van der Waals surface area contributed by atoms with Crippen LogP contribution in [0, 0.1) is 0 Å². The van der Waals surface area contributed by atoms with Crippen molar-refractivity contribution in [2.24, 2.45) is 0 Å². The molecule has 0 saturated heterocycles. The van der Waals surface area contributed by atoms with Crippen molar-refractivity contribution in [3.05, 3.63) is 46.4 Å². The van der Waals surface area contributed by atoms with Crippen molar-refractivity contribution in [3.8, 4) is 0 Å². The van der Waals surface area contributed by atoms with Crippen LogP contribution in [-0.2, 0) is 13.0 Å². The van der Waals surface area contributed by atoms with Crippen molar-refractivity contribution in [2.45, 2.75) is 18.1 Å². The van der Waals surface area contributed by atoms with Crippen LogP contribution in [0.4, 0.5) is 0 Å². The predicted molar refractivity (Wildman–Crippen MR) is 82.1 cm³/mol. The van der Waals surface area contributed by atoms with Gasteiger partial charge in [0.15, 0.2) is 5.16 Å². The lowest BCUT2D eigenvalue weighted by molar-refractivity contribution is 0.616. The van der Waals surface area contributed by atoms with E-state index >= 15 is 0 Å². The average molecular weight is 295 g/mol. The molecular weight excluding hydrogens is 278 g/mol. The Bertz CT molecular complexity index is 551. The number of aromatic nitrogens is 3. The van der Waals surface area contributed by atoms with Crippen LogP contribution in [0.5, 0.6) is 0 Å². The van der Waals surface area contributed by atoms with Gasteiger partial charge in [-0.2, -0.15) is 11.8 Å². The summed E-state index contributed by atoms with van der Waals surface area (Å²) < 4.78 is 1.72. The van der Waals surface area contributed by atoms with Gasteiger partial charge in [-0.25, -0.2) is 9.89 Å². The lowest BCUT2D eigenvalue weighted by atomic mass is 10.1. The molecule has 0 saturated carbocycles. The first kappa shape index (κ1) is 14.3. The smallest absolute Gasteiger partial charge is 0.270 e. The fraction of sp³-hybridized carbons (Fsp3) is 0.385. The van der Waals surface area contributed by atoms with Gasteiger partial charge >= 0.3 is 5.69 Å². The van der Waals surface area contributed by atoms with Gasteiger partial charge < -0.3 is 0 Å². The standard InChI is InChI=1S/C13H17N3OS2/c1-18-9-10-19-13-15-14-12(17)16(13)8-7-11-5-3-2-4-6-11/h2-6H,7-10H2,1H3,(H,14,17). The Kier molecular flexibility index (Phi) is 5.60. The highest BCUT2D eigenvalue weighted by molar-refractivity contribution is 8.02. The number of hydrogen-bond donors (Lipinski definition) is 1. The van der Waals surface area contributed by atoms with E-state index in [9.17, 15) is 4.79 Å². The predicted octanol–water partition coefficient (Wildman–Crippen LogP) is 2.27. The molecule has 1 aromatic carbocycles. The fourth-order valence-corrected chi connectivity index (χ4v) is 3.34. The number of nitrogens with zero attached hydrogens (tertiary/aromatic N) is 2. The fourth-order valence-electron chi connectivity index (χ4n) is 1.71. The molecule has 0 atom stereocenters. The Hall–Kier alpha value is -1.14. The molecule has 2 rings (SSSR count). The molecule has 0 aliphatic rings. The van der Waals surface area contributed by atoms with Crippen molar-refractivity contribution in [2.75, 3.05) is 17.8 Å². The molecule has 4 nitrogen and oxygen atoms in total. The highest BCUT2D eigenvalue weighted by Gasteiger charge is 2.08. The van der Waals surface area contributed by atoms with Gasteiger partial charge in [0.25, 0.3) is 0 Å². The molecular formula is C13H17N3OS2. The number of aromatic amines is 1. The Balaban J connectivity index is 1.99. The summed E-state index contributed by atoms with van der Waals surface area (Å²) in [5.74, 6) is 2.03. The Labute approximate surface area is 121 Å². The molecule has 1 N–H and O–H groups in total. The van der Waals surface area contributed by atoms with Crippen molar-refractivity contribution in [1.82, 2.24) is 14.8 Å². The second-order valence-electron chi connectivity index (χ2n) is 4.04. The number of nitrogens with one attached hydrogen (secondary N) is 1. The van der Waals surface area contributed by atoms with Gasteiger partial charge in [-0.05, 0) is 18.2 Å². The first-order valence-corrected chi connectivity index (χ1v) is 8.50. The minimum atomic E-state index is -0.123. The second kappa shape index (κ2) is 7.45. The molecule has 6 heteroatoms. The normalized spacial score (nSPS) is 10.8. The highest BCUT2D eigenvalue weighted by atomic mass is 32.2. The van der Waals surface area contributed by atoms with Crippen LogP contribution in [-0.4, -0.2) is 32.5 Å². The zero-order valence-corrected chi connectivity index (χ0v) is 12.5. The van der Waals surface area contributed by atoms with Crippen molar-refractivity contribution < 1.29 is 0 Å². The number of thioether (sulfide) groups is 2. The molecule has 0 aliphatic heterocycles. The van der Waals surface area contributed by atoms with Crippen LogP contribution < -0.4 is 5.69 Å². The molecule has 0 spiro atoms. The molecule has 0 fully saturated rings. The molecule has 0 aliphatic carbocycles. The van der Waals surface area contributed by atoms with Gasteiger partial charge in [-0.3, -0.25) is 4.57 Å². The third-order valence-corrected chi connectivity index (χ3v) is 4.56. The van der Waals surface area contributed by atoms with Gasteiger partial charge in [0.1, 0.15) is 0 Å². The number of H-pyrrole nitrogens is 1. The summed E-state index contributed by atoms with van der Waals surface area (Å²) >= 11 is 3.42.